The number of fused-ring (bicyclic) bond motifs is 1. The third kappa shape index (κ3) is 4.49. The van der Waals surface area contributed by atoms with Gasteiger partial charge >= 0.3 is 5.97 Å². The van der Waals surface area contributed by atoms with Crippen LogP contribution in [0.5, 0.6) is 5.75 Å². The van der Waals surface area contributed by atoms with Crippen molar-refractivity contribution in [3.05, 3.63) is 96.2 Å². The van der Waals surface area contributed by atoms with Crippen LogP contribution in [0, 0.1) is 0 Å². The number of amides is 1. The molecule has 1 aliphatic rings. The second-order valence-electron chi connectivity index (χ2n) is 8.23. The van der Waals surface area contributed by atoms with Crippen molar-refractivity contribution in [3.8, 4) is 5.75 Å². The summed E-state index contributed by atoms with van der Waals surface area (Å²) in [6.07, 6.45) is 1.71. The van der Waals surface area contributed by atoms with E-state index in [9.17, 15) is 14.4 Å². The van der Waals surface area contributed by atoms with Crippen LogP contribution in [-0.2, 0) is 4.79 Å². The Hall–Kier alpha value is -3.98. The lowest BCUT2D eigenvalue weighted by atomic mass is 9.94. The summed E-state index contributed by atoms with van der Waals surface area (Å²) in [6.45, 7) is 6.68. The third-order valence-corrected chi connectivity index (χ3v) is 7.17. The molecule has 2 aromatic carbocycles. The monoisotopic (exact) mass is 505 g/mol. The molecule has 8 nitrogen and oxygen atoms in total. The van der Waals surface area contributed by atoms with Gasteiger partial charge in [-0.2, -0.15) is 0 Å². The Morgan fingerprint density at radius 1 is 1.14 bits per heavy atom. The summed E-state index contributed by atoms with van der Waals surface area (Å²) in [5, 5.41) is 9.15. The fraction of sp³-hybridized carbons (Fsp3) is 0.259. The number of carboxylic acid groups (broad SMARTS) is 1. The van der Waals surface area contributed by atoms with Crippen LogP contribution >= 0.6 is 11.3 Å². The smallest absolute Gasteiger partial charge is 0.335 e. The molecule has 0 aliphatic carbocycles. The summed E-state index contributed by atoms with van der Waals surface area (Å²) >= 11 is 1.23. The van der Waals surface area contributed by atoms with E-state index in [-0.39, 0.29) is 17.0 Å². The number of aromatic carboxylic acids is 1. The number of para-hydroxylation sites is 1. The number of aromatic nitrogens is 1. The number of carbonyl (C=O) groups excluding carboxylic acids is 1. The summed E-state index contributed by atoms with van der Waals surface area (Å²) < 4.78 is 7.61. The van der Waals surface area contributed by atoms with Gasteiger partial charge in [-0.3, -0.25) is 14.2 Å². The summed E-state index contributed by atoms with van der Waals surface area (Å²) in [4.78, 5) is 45.5. The number of likely N-dealkylation sites (N-methyl/N-ethyl adjacent to an activating group) is 1. The number of carbonyl (C=O) groups is 2. The molecule has 9 heteroatoms. The lowest BCUT2D eigenvalue weighted by Gasteiger charge is -2.29. The molecule has 0 radical (unpaired) electrons. The van der Waals surface area contributed by atoms with E-state index in [0.717, 1.165) is 0 Å². The van der Waals surface area contributed by atoms with E-state index in [4.69, 9.17) is 9.84 Å². The molecule has 3 aromatic rings. The molecule has 1 N–H and O–H groups in total. The highest BCUT2D eigenvalue weighted by Crippen LogP contribution is 2.35. The molecule has 0 spiro atoms. The standard InChI is InChI=1S/C27H27N3O5S/c1-5-29(6-2)25(32)22-16(3)28-27-30(23(22)19-9-7-8-10-20(19)35-4)24(31)21(36-27)15-17-11-13-18(14-12-17)26(33)34/h7-15,23H,5-6H2,1-4H3,(H,33,34)/b21-15+/t23-/m0/s1. The summed E-state index contributed by atoms with van der Waals surface area (Å²) in [5.74, 6) is -0.616. The third-order valence-electron chi connectivity index (χ3n) is 6.19. The molecule has 1 amide bonds. The summed E-state index contributed by atoms with van der Waals surface area (Å²) in [7, 11) is 1.56. The van der Waals surface area contributed by atoms with Crippen molar-refractivity contribution >= 4 is 29.3 Å². The van der Waals surface area contributed by atoms with Gasteiger partial charge in [-0.1, -0.05) is 41.7 Å². The molecule has 1 aliphatic heterocycles. The lowest BCUT2D eigenvalue weighted by Crippen LogP contribution is -2.43. The topological polar surface area (TPSA) is 101 Å². The number of methoxy groups -OCH3 is 1. The van der Waals surface area contributed by atoms with Crippen molar-refractivity contribution in [1.82, 2.24) is 9.47 Å². The van der Waals surface area contributed by atoms with E-state index >= 15 is 0 Å². The lowest BCUT2D eigenvalue weighted by molar-refractivity contribution is -0.127. The zero-order chi connectivity index (χ0) is 26.0. The maximum atomic E-state index is 13.8. The van der Waals surface area contributed by atoms with Gasteiger partial charge in [-0.25, -0.2) is 9.79 Å². The van der Waals surface area contributed by atoms with Gasteiger partial charge in [-0.05, 0) is 50.6 Å². The molecule has 0 unspecified atom stereocenters. The molecule has 186 valence electrons. The van der Waals surface area contributed by atoms with Gasteiger partial charge in [0.25, 0.3) is 11.5 Å². The zero-order valence-corrected chi connectivity index (χ0v) is 21.3. The van der Waals surface area contributed by atoms with Crippen molar-refractivity contribution in [2.45, 2.75) is 26.8 Å². The van der Waals surface area contributed by atoms with Crippen LogP contribution in [0.3, 0.4) is 0 Å². The average Bonchev–Trinajstić information content (AvgIpc) is 3.18. The molecule has 0 bridgehead atoms. The number of thiazole rings is 1. The van der Waals surface area contributed by atoms with Crippen molar-refractivity contribution < 1.29 is 19.4 Å². The second kappa shape index (κ2) is 10.3. The molecule has 1 aromatic heterocycles. The largest absolute Gasteiger partial charge is 0.496 e. The Morgan fingerprint density at radius 2 is 1.81 bits per heavy atom. The van der Waals surface area contributed by atoms with Crippen LogP contribution in [-0.4, -0.2) is 46.6 Å². The van der Waals surface area contributed by atoms with Gasteiger partial charge < -0.3 is 14.7 Å². The van der Waals surface area contributed by atoms with Gasteiger partial charge in [0, 0.05) is 18.7 Å². The van der Waals surface area contributed by atoms with Crippen LogP contribution in [0.4, 0.5) is 0 Å². The fourth-order valence-electron chi connectivity index (χ4n) is 4.34. The molecule has 4 rings (SSSR count). The summed E-state index contributed by atoms with van der Waals surface area (Å²) in [5.41, 5.74) is 2.26. The van der Waals surface area contributed by atoms with Crippen molar-refractivity contribution in [1.29, 1.82) is 0 Å². The van der Waals surface area contributed by atoms with Gasteiger partial charge in [0.2, 0.25) is 0 Å². The van der Waals surface area contributed by atoms with E-state index < -0.39 is 12.0 Å². The quantitative estimate of drug-likeness (QED) is 0.532. The predicted molar refractivity (Wildman–Crippen MR) is 138 cm³/mol. The zero-order valence-electron chi connectivity index (χ0n) is 20.5. The first-order valence-corrected chi connectivity index (χ1v) is 12.4. The first kappa shape index (κ1) is 25.1. The number of nitrogens with zero attached hydrogens (tertiary/aromatic N) is 3. The number of ether oxygens (including phenoxy) is 1. The van der Waals surface area contributed by atoms with Crippen LogP contribution < -0.4 is 19.6 Å². The van der Waals surface area contributed by atoms with Crippen molar-refractivity contribution in [3.63, 3.8) is 0 Å². The Kier molecular flexibility index (Phi) is 7.21. The van der Waals surface area contributed by atoms with Crippen LogP contribution in [0.15, 0.2) is 69.6 Å². The molecular formula is C27H27N3O5S. The SMILES string of the molecule is CCN(CC)C(=O)C1=C(C)N=c2s/c(=C/c3ccc(C(=O)O)cc3)c(=O)n2[C@H]1c1ccccc1OC. The second-order valence-corrected chi connectivity index (χ2v) is 9.24. The van der Waals surface area contributed by atoms with E-state index in [1.165, 1.54) is 23.5 Å². The van der Waals surface area contributed by atoms with E-state index in [0.29, 0.717) is 50.6 Å². The predicted octanol–water partition coefficient (Wildman–Crippen LogP) is 2.81. The van der Waals surface area contributed by atoms with Crippen LogP contribution in [0.2, 0.25) is 0 Å². The Balaban J connectivity index is 1.95. The normalized spacial score (nSPS) is 15.3. The number of carboxylic acids is 1. The Morgan fingerprint density at radius 3 is 2.42 bits per heavy atom. The van der Waals surface area contributed by atoms with E-state index in [1.54, 1.807) is 41.7 Å². The van der Waals surface area contributed by atoms with Gasteiger partial charge in [-0.15, -0.1) is 0 Å². The Bertz CT molecular complexity index is 1530. The minimum Gasteiger partial charge on any atom is -0.496 e. The summed E-state index contributed by atoms with van der Waals surface area (Å²) in [6, 6.07) is 13.0. The van der Waals surface area contributed by atoms with Crippen molar-refractivity contribution in [2.75, 3.05) is 20.2 Å². The Labute approximate surface area is 212 Å². The maximum Gasteiger partial charge on any atom is 0.335 e. The molecule has 36 heavy (non-hydrogen) atoms. The van der Waals surface area contributed by atoms with Gasteiger partial charge in [0.05, 0.1) is 28.5 Å². The number of hydrogen-bond donors (Lipinski definition) is 1. The molecule has 0 saturated carbocycles. The number of benzene rings is 2. The maximum absolute atomic E-state index is 13.8. The first-order chi connectivity index (χ1) is 17.3. The van der Waals surface area contributed by atoms with Crippen molar-refractivity contribution in [2.24, 2.45) is 4.99 Å². The number of allylic oxidation sites excluding steroid dienone is 1. The molecule has 1 atom stereocenters. The fourth-order valence-corrected chi connectivity index (χ4v) is 5.38. The first-order valence-electron chi connectivity index (χ1n) is 11.6. The van der Waals surface area contributed by atoms with Gasteiger partial charge in [0.1, 0.15) is 11.8 Å². The highest BCUT2D eigenvalue weighted by atomic mass is 32.1. The minimum atomic E-state index is -1.02. The molecule has 0 saturated heterocycles. The van der Waals surface area contributed by atoms with Crippen LogP contribution in [0.25, 0.3) is 6.08 Å². The highest BCUT2D eigenvalue weighted by Gasteiger charge is 2.35. The molecular weight excluding hydrogens is 478 g/mol. The number of rotatable bonds is 7. The van der Waals surface area contributed by atoms with Crippen LogP contribution in [0.1, 0.15) is 48.3 Å². The molecule has 0 fully saturated rings. The average molecular weight is 506 g/mol. The number of hydrogen-bond acceptors (Lipinski definition) is 6. The van der Waals surface area contributed by atoms with E-state index in [1.807, 2.05) is 38.1 Å². The minimum absolute atomic E-state index is 0.167. The molecule has 2 heterocycles. The van der Waals surface area contributed by atoms with Gasteiger partial charge in [0.15, 0.2) is 4.80 Å². The van der Waals surface area contributed by atoms with E-state index in [2.05, 4.69) is 4.99 Å². The highest BCUT2D eigenvalue weighted by molar-refractivity contribution is 7.07.